The summed E-state index contributed by atoms with van der Waals surface area (Å²) in [5.41, 5.74) is -0.758. The SMILES string of the molecule is CCN1CCC2(CC1)NC(=O)N(CCCC(=O)O)C2=O. The molecule has 112 valence electrons. The van der Waals surface area contributed by atoms with E-state index in [2.05, 4.69) is 17.1 Å². The molecule has 0 aromatic heterocycles. The largest absolute Gasteiger partial charge is 0.481 e. The Kier molecular flexibility index (Phi) is 4.27. The molecule has 7 nitrogen and oxygen atoms in total. The molecule has 2 rings (SSSR count). The third-order valence-corrected chi connectivity index (χ3v) is 4.18. The summed E-state index contributed by atoms with van der Waals surface area (Å²) in [6.45, 7) is 4.79. The molecule has 0 unspecified atom stereocenters. The molecule has 20 heavy (non-hydrogen) atoms. The number of carboxylic acids is 1. The van der Waals surface area contributed by atoms with E-state index >= 15 is 0 Å². The van der Waals surface area contributed by atoms with Crippen LogP contribution in [0.2, 0.25) is 0 Å². The van der Waals surface area contributed by atoms with Crippen LogP contribution in [0.25, 0.3) is 0 Å². The second kappa shape index (κ2) is 5.78. The number of aliphatic carboxylic acids is 1. The fraction of sp³-hybridized carbons (Fsp3) is 0.769. The molecule has 0 aromatic carbocycles. The number of hydrogen-bond donors (Lipinski definition) is 2. The van der Waals surface area contributed by atoms with Gasteiger partial charge in [-0.25, -0.2) is 4.79 Å². The van der Waals surface area contributed by atoms with Crippen LogP contribution in [0, 0.1) is 0 Å². The number of imide groups is 1. The monoisotopic (exact) mass is 283 g/mol. The Morgan fingerprint density at radius 3 is 2.55 bits per heavy atom. The zero-order chi connectivity index (χ0) is 14.8. The summed E-state index contributed by atoms with van der Waals surface area (Å²) in [7, 11) is 0. The maximum atomic E-state index is 12.4. The van der Waals surface area contributed by atoms with Gasteiger partial charge in [-0.2, -0.15) is 0 Å². The molecule has 3 amide bonds. The van der Waals surface area contributed by atoms with Gasteiger partial charge in [0.1, 0.15) is 5.54 Å². The summed E-state index contributed by atoms with van der Waals surface area (Å²) in [4.78, 5) is 38.3. The van der Waals surface area contributed by atoms with Gasteiger partial charge in [-0.05, 0) is 25.8 Å². The fourth-order valence-electron chi connectivity index (χ4n) is 2.86. The molecule has 2 fully saturated rings. The third-order valence-electron chi connectivity index (χ3n) is 4.18. The Bertz CT molecular complexity index is 416. The summed E-state index contributed by atoms with van der Waals surface area (Å²) in [5.74, 6) is -1.10. The first kappa shape index (κ1) is 14.8. The van der Waals surface area contributed by atoms with Crippen LogP contribution in [0.5, 0.6) is 0 Å². The molecule has 0 radical (unpaired) electrons. The van der Waals surface area contributed by atoms with Crippen molar-refractivity contribution < 1.29 is 19.5 Å². The van der Waals surface area contributed by atoms with Crippen LogP contribution in [0.3, 0.4) is 0 Å². The van der Waals surface area contributed by atoms with E-state index in [1.807, 2.05) is 0 Å². The Morgan fingerprint density at radius 2 is 2.00 bits per heavy atom. The van der Waals surface area contributed by atoms with Crippen molar-refractivity contribution in [2.24, 2.45) is 0 Å². The maximum Gasteiger partial charge on any atom is 0.325 e. The van der Waals surface area contributed by atoms with Gasteiger partial charge in [-0.1, -0.05) is 6.92 Å². The summed E-state index contributed by atoms with van der Waals surface area (Å²) in [5, 5.41) is 11.4. The molecular formula is C13H21N3O4. The molecule has 2 heterocycles. The first-order valence-electron chi connectivity index (χ1n) is 7.07. The van der Waals surface area contributed by atoms with Gasteiger partial charge in [-0.15, -0.1) is 0 Å². The van der Waals surface area contributed by atoms with Crippen LogP contribution in [0.4, 0.5) is 4.79 Å². The van der Waals surface area contributed by atoms with Crippen molar-refractivity contribution in [3.8, 4) is 0 Å². The molecule has 1 spiro atoms. The van der Waals surface area contributed by atoms with E-state index < -0.39 is 11.5 Å². The number of hydrogen-bond acceptors (Lipinski definition) is 4. The lowest BCUT2D eigenvalue weighted by Crippen LogP contribution is -2.54. The lowest BCUT2D eigenvalue weighted by Gasteiger charge is -2.36. The molecule has 2 N–H and O–H groups in total. The number of carboxylic acid groups (broad SMARTS) is 1. The Balaban J connectivity index is 1.96. The summed E-state index contributed by atoms with van der Waals surface area (Å²) in [6.07, 6.45) is 1.51. The van der Waals surface area contributed by atoms with Crippen molar-refractivity contribution in [1.82, 2.24) is 15.1 Å². The second-order valence-electron chi connectivity index (χ2n) is 5.40. The van der Waals surface area contributed by atoms with Crippen molar-refractivity contribution in [3.05, 3.63) is 0 Å². The van der Waals surface area contributed by atoms with E-state index in [0.29, 0.717) is 19.3 Å². The Hall–Kier alpha value is -1.63. The van der Waals surface area contributed by atoms with Gasteiger partial charge in [0.15, 0.2) is 0 Å². The minimum Gasteiger partial charge on any atom is -0.481 e. The van der Waals surface area contributed by atoms with E-state index in [1.165, 1.54) is 4.90 Å². The number of amides is 3. The number of rotatable bonds is 5. The number of carbonyl (C=O) groups excluding carboxylic acids is 2. The van der Waals surface area contributed by atoms with Gasteiger partial charge < -0.3 is 15.3 Å². The number of nitrogens with zero attached hydrogens (tertiary/aromatic N) is 2. The lowest BCUT2D eigenvalue weighted by atomic mass is 9.87. The summed E-state index contributed by atoms with van der Waals surface area (Å²) < 4.78 is 0. The molecule has 2 saturated heterocycles. The highest BCUT2D eigenvalue weighted by atomic mass is 16.4. The highest BCUT2D eigenvalue weighted by Crippen LogP contribution is 2.29. The van der Waals surface area contributed by atoms with Gasteiger partial charge in [0, 0.05) is 26.1 Å². The van der Waals surface area contributed by atoms with E-state index in [1.54, 1.807) is 0 Å². The maximum absolute atomic E-state index is 12.4. The molecule has 2 aliphatic rings. The number of urea groups is 1. The fourth-order valence-corrected chi connectivity index (χ4v) is 2.86. The van der Waals surface area contributed by atoms with Crippen molar-refractivity contribution in [3.63, 3.8) is 0 Å². The zero-order valence-electron chi connectivity index (χ0n) is 11.7. The van der Waals surface area contributed by atoms with Crippen LogP contribution in [-0.4, -0.2) is 64.5 Å². The number of likely N-dealkylation sites (tertiary alicyclic amines) is 1. The van der Waals surface area contributed by atoms with Crippen molar-refractivity contribution in [2.45, 2.75) is 38.1 Å². The number of carbonyl (C=O) groups is 3. The molecule has 0 atom stereocenters. The van der Waals surface area contributed by atoms with Crippen LogP contribution < -0.4 is 5.32 Å². The van der Waals surface area contributed by atoms with Gasteiger partial charge in [0.05, 0.1) is 0 Å². The first-order chi connectivity index (χ1) is 9.48. The zero-order valence-corrected chi connectivity index (χ0v) is 11.7. The lowest BCUT2D eigenvalue weighted by molar-refractivity contribution is -0.138. The minimum atomic E-state index is -0.914. The van der Waals surface area contributed by atoms with Crippen molar-refractivity contribution in [1.29, 1.82) is 0 Å². The standard InChI is InChI=1S/C13H21N3O4/c1-2-15-8-5-13(6-9-15)11(19)16(12(20)14-13)7-3-4-10(17)18/h2-9H2,1H3,(H,14,20)(H,17,18). The molecule has 0 saturated carbocycles. The third kappa shape index (κ3) is 2.77. The number of piperidine rings is 1. The van der Waals surface area contributed by atoms with Gasteiger partial charge in [-0.3, -0.25) is 14.5 Å². The first-order valence-corrected chi connectivity index (χ1v) is 7.07. The second-order valence-corrected chi connectivity index (χ2v) is 5.40. The predicted molar refractivity (Wildman–Crippen MR) is 71.2 cm³/mol. The van der Waals surface area contributed by atoms with E-state index in [0.717, 1.165) is 19.6 Å². The molecular weight excluding hydrogens is 262 g/mol. The summed E-state index contributed by atoms with van der Waals surface area (Å²) >= 11 is 0. The molecule has 2 aliphatic heterocycles. The normalized spacial score (nSPS) is 22.4. The quantitative estimate of drug-likeness (QED) is 0.706. The average molecular weight is 283 g/mol. The minimum absolute atomic E-state index is 0.0341. The predicted octanol–water partition coefficient (Wildman–Crippen LogP) is 0.258. The molecule has 0 bridgehead atoms. The van der Waals surface area contributed by atoms with Crippen LogP contribution in [0.15, 0.2) is 0 Å². The highest BCUT2D eigenvalue weighted by Gasteiger charge is 2.51. The van der Waals surface area contributed by atoms with Gasteiger partial charge >= 0.3 is 12.0 Å². The number of nitrogens with one attached hydrogen (secondary N) is 1. The van der Waals surface area contributed by atoms with Gasteiger partial charge in [0.25, 0.3) is 5.91 Å². The highest BCUT2D eigenvalue weighted by molar-refractivity contribution is 6.07. The van der Waals surface area contributed by atoms with Crippen LogP contribution in [-0.2, 0) is 9.59 Å². The molecule has 7 heteroatoms. The van der Waals surface area contributed by atoms with Gasteiger partial charge in [0.2, 0.25) is 0 Å². The van der Waals surface area contributed by atoms with E-state index in [4.69, 9.17) is 5.11 Å². The van der Waals surface area contributed by atoms with E-state index in [-0.39, 0.29) is 24.9 Å². The van der Waals surface area contributed by atoms with Crippen molar-refractivity contribution in [2.75, 3.05) is 26.2 Å². The Labute approximate surface area is 117 Å². The summed E-state index contributed by atoms with van der Waals surface area (Å²) in [6, 6.07) is -0.384. The molecule has 0 aliphatic carbocycles. The average Bonchev–Trinajstić information content (AvgIpc) is 2.64. The van der Waals surface area contributed by atoms with Crippen LogP contribution in [0.1, 0.15) is 32.6 Å². The molecule has 0 aromatic rings. The Morgan fingerprint density at radius 1 is 1.35 bits per heavy atom. The van der Waals surface area contributed by atoms with Crippen molar-refractivity contribution >= 4 is 17.9 Å². The van der Waals surface area contributed by atoms with E-state index in [9.17, 15) is 14.4 Å². The smallest absolute Gasteiger partial charge is 0.325 e. The topological polar surface area (TPSA) is 90.0 Å². The van der Waals surface area contributed by atoms with Crippen LogP contribution >= 0.6 is 0 Å².